The van der Waals surface area contributed by atoms with Gasteiger partial charge in [-0.1, -0.05) is 83.1 Å². The molecule has 0 aromatic rings. The van der Waals surface area contributed by atoms with E-state index in [-0.39, 0.29) is 23.5 Å². The summed E-state index contributed by atoms with van der Waals surface area (Å²) in [7, 11) is 1.51. The highest BCUT2D eigenvalue weighted by atomic mass is 16.6. The van der Waals surface area contributed by atoms with Crippen molar-refractivity contribution in [2.45, 2.75) is 106 Å². The number of aliphatic hydroxyl groups is 3. The van der Waals surface area contributed by atoms with Gasteiger partial charge >= 0.3 is 5.97 Å². The molecule has 3 N–H and O–H groups in total. The molecule has 2 unspecified atom stereocenters. The Hall–Kier alpha value is -2.32. The van der Waals surface area contributed by atoms with Crippen LogP contribution in [0.15, 0.2) is 59.3 Å². The molecule has 0 fully saturated rings. The average Bonchev–Trinajstić information content (AvgIpc) is 2.93. The molecule has 0 bridgehead atoms. The number of aliphatic hydroxyl groups excluding tert-OH is 3. The second kappa shape index (κ2) is 17.6. The number of methoxy groups -OCH3 is 1. The third-order valence-electron chi connectivity index (χ3n) is 8.19. The molecule has 232 valence electrons. The molecule has 0 saturated carbocycles. The van der Waals surface area contributed by atoms with Gasteiger partial charge < -0.3 is 24.8 Å². The van der Waals surface area contributed by atoms with Crippen LogP contribution in [0.3, 0.4) is 0 Å². The summed E-state index contributed by atoms with van der Waals surface area (Å²) < 4.78 is 11.7. The molecule has 1 aliphatic rings. The number of cyclic esters (lactones) is 1. The van der Waals surface area contributed by atoms with E-state index in [1.54, 1.807) is 39.0 Å². The van der Waals surface area contributed by atoms with Crippen LogP contribution in [0.25, 0.3) is 0 Å². The van der Waals surface area contributed by atoms with Crippen LogP contribution < -0.4 is 0 Å². The number of carbonyl (C=O) groups is 2. The summed E-state index contributed by atoms with van der Waals surface area (Å²) in [6.45, 7) is 16.6. The van der Waals surface area contributed by atoms with Gasteiger partial charge in [-0.15, -0.1) is 0 Å². The van der Waals surface area contributed by atoms with Crippen LogP contribution in [-0.2, 0) is 19.1 Å². The number of rotatable bonds is 9. The van der Waals surface area contributed by atoms with Crippen molar-refractivity contribution in [2.75, 3.05) is 7.11 Å². The molecular weight excluding hydrogens is 520 g/mol. The lowest BCUT2D eigenvalue weighted by Gasteiger charge is -2.33. The maximum Gasteiger partial charge on any atom is 0.334 e. The maximum atomic E-state index is 13.2. The van der Waals surface area contributed by atoms with Gasteiger partial charge in [0.2, 0.25) is 0 Å². The van der Waals surface area contributed by atoms with Crippen molar-refractivity contribution in [1.29, 1.82) is 0 Å². The molecule has 0 amide bonds. The maximum absolute atomic E-state index is 13.2. The van der Waals surface area contributed by atoms with Crippen molar-refractivity contribution in [1.82, 2.24) is 0 Å². The summed E-state index contributed by atoms with van der Waals surface area (Å²) in [5, 5.41) is 32.1. The van der Waals surface area contributed by atoms with Gasteiger partial charge in [-0.2, -0.15) is 0 Å². The Labute approximate surface area is 247 Å². The first-order chi connectivity index (χ1) is 19.1. The number of hydrogen-bond donors (Lipinski definition) is 3. The van der Waals surface area contributed by atoms with Crippen LogP contribution in [-0.4, -0.2) is 64.7 Å². The molecular formula is C34H54O7. The minimum Gasteiger partial charge on any atom is -0.456 e. The number of ether oxygens (including phenoxy) is 2. The van der Waals surface area contributed by atoms with Crippen LogP contribution in [0, 0.1) is 29.6 Å². The van der Waals surface area contributed by atoms with E-state index in [2.05, 4.69) is 0 Å². The monoisotopic (exact) mass is 574 g/mol. The number of esters is 1. The summed E-state index contributed by atoms with van der Waals surface area (Å²) in [5.74, 6) is -2.52. The van der Waals surface area contributed by atoms with E-state index in [1.807, 2.05) is 59.8 Å². The Morgan fingerprint density at radius 2 is 1.80 bits per heavy atom. The van der Waals surface area contributed by atoms with Crippen molar-refractivity contribution < 1.29 is 34.4 Å². The molecule has 0 aromatic carbocycles. The van der Waals surface area contributed by atoms with Crippen molar-refractivity contribution in [2.24, 2.45) is 29.6 Å². The van der Waals surface area contributed by atoms with Crippen molar-refractivity contribution in [3.63, 3.8) is 0 Å². The van der Waals surface area contributed by atoms with Gasteiger partial charge in [0.25, 0.3) is 0 Å². The standard InChI is InChI=1S/C34H54O7/c1-11-28(35)22(4)15-16-29(36)26(8)32(38)27(9)33-30(40-10)14-12-13-20(2)17-23(5)31(37)24(6)18-21(3)19-25(7)34(39)41-33/h12-16,18-19,22-24,26-28,30-33,35,37-38H,11,17H2,1-10H3/b14-12+,16-15+,20-13+,21-18-,25-19+/t22-,23-,24?,26+,27+,28-,30+,31?,32-,33+/m0/s1. The lowest BCUT2D eigenvalue weighted by molar-refractivity contribution is -0.158. The fourth-order valence-electron chi connectivity index (χ4n) is 5.23. The lowest BCUT2D eigenvalue weighted by Crippen LogP contribution is -2.45. The van der Waals surface area contributed by atoms with E-state index in [0.717, 1.165) is 11.1 Å². The molecule has 10 atom stereocenters. The van der Waals surface area contributed by atoms with Crippen molar-refractivity contribution in [3.05, 3.63) is 59.3 Å². The lowest BCUT2D eigenvalue weighted by atomic mass is 9.84. The molecule has 0 aromatic heterocycles. The highest BCUT2D eigenvalue weighted by Crippen LogP contribution is 2.27. The Kier molecular flexibility index (Phi) is 15.8. The molecule has 1 heterocycles. The smallest absolute Gasteiger partial charge is 0.334 e. The first-order valence-corrected chi connectivity index (χ1v) is 14.8. The average molecular weight is 575 g/mol. The number of ketones is 1. The van der Waals surface area contributed by atoms with Gasteiger partial charge in [-0.05, 0) is 51.7 Å². The molecule has 1 aliphatic heterocycles. The van der Waals surface area contributed by atoms with E-state index >= 15 is 0 Å². The van der Waals surface area contributed by atoms with Crippen LogP contribution in [0.2, 0.25) is 0 Å². The fraction of sp³-hybridized carbons (Fsp3) is 0.647. The fourth-order valence-corrected chi connectivity index (χ4v) is 5.23. The normalized spacial score (nSPS) is 33.6. The summed E-state index contributed by atoms with van der Waals surface area (Å²) in [4.78, 5) is 26.2. The zero-order valence-corrected chi connectivity index (χ0v) is 26.7. The van der Waals surface area contributed by atoms with Crippen LogP contribution in [0.5, 0.6) is 0 Å². The second-order valence-corrected chi connectivity index (χ2v) is 12.0. The summed E-state index contributed by atoms with van der Waals surface area (Å²) in [6.07, 6.45) is 9.82. The van der Waals surface area contributed by atoms with E-state index in [9.17, 15) is 24.9 Å². The van der Waals surface area contributed by atoms with Crippen LogP contribution in [0.1, 0.15) is 75.2 Å². The Morgan fingerprint density at radius 1 is 1.17 bits per heavy atom. The topological polar surface area (TPSA) is 113 Å². The summed E-state index contributed by atoms with van der Waals surface area (Å²) in [5.41, 5.74) is 2.28. The third-order valence-corrected chi connectivity index (χ3v) is 8.19. The van der Waals surface area contributed by atoms with Gasteiger partial charge in [0.1, 0.15) is 12.2 Å². The number of allylic oxidation sites excluding steroid dienone is 6. The van der Waals surface area contributed by atoms with Gasteiger partial charge in [0.05, 0.1) is 18.3 Å². The van der Waals surface area contributed by atoms with Crippen LogP contribution >= 0.6 is 0 Å². The summed E-state index contributed by atoms with van der Waals surface area (Å²) in [6, 6.07) is 0. The van der Waals surface area contributed by atoms with Crippen molar-refractivity contribution >= 4 is 11.8 Å². The highest BCUT2D eigenvalue weighted by Gasteiger charge is 2.37. The molecule has 7 nitrogen and oxygen atoms in total. The minimum absolute atomic E-state index is 0.0316. The molecule has 41 heavy (non-hydrogen) atoms. The van der Waals surface area contributed by atoms with Gasteiger partial charge in [0.15, 0.2) is 5.78 Å². The Morgan fingerprint density at radius 3 is 2.39 bits per heavy atom. The molecule has 1 rings (SSSR count). The first kappa shape index (κ1) is 36.7. The van der Waals surface area contributed by atoms with Gasteiger partial charge in [-0.3, -0.25) is 4.79 Å². The zero-order valence-electron chi connectivity index (χ0n) is 26.7. The number of carbonyl (C=O) groups excluding carboxylic acids is 2. The number of hydrogen-bond acceptors (Lipinski definition) is 7. The molecule has 0 saturated heterocycles. The predicted molar refractivity (Wildman–Crippen MR) is 164 cm³/mol. The van der Waals surface area contributed by atoms with Crippen molar-refractivity contribution in [3.8, 4) is 0 Å². The van der Waals surface area contributed by atoms with E-state index in [1.165, 1.54) is 13.2 Å². The van der Waals surface area contributed by atoms with Gasteiger partial charge in [-0.25, -0.2) is 4.79 Å². The Balaban J connectivity index is 3.41. The predicted octanol–water partition coefficient (Wildman–Crippen LogP) is 5.51. The SMILES string of the molecule is CC[C@H](O)[C@@H](C)/C=C/C(=O)[C@@H](C)[C@H](O)[C@@H](C)[C@H]1OC(=O)/C(C)=C/C(C)=C\C(C)C(O)[C@@H](C)C/C(C)=C/C=C/[C@H]1OC. The van der Waals surface area contributed by atoms with Crippen LogP contribution in [0.4, 0.5) is 0 Å². The molecule has 7 heteroatoms. The molecule has 0 radical (unpaired) electrons. The van der Waals surface area contributed by atoms with E-state index in [0.29, 0.717) is 18.4 Å². The van der Waals surface area contributed by atoms with Gasteiger partial charge in [0, 0.05) is 36.4 Å². The zero-order chi connectivity index (χ0) is 31.4. The van der Waals surface area contributed by atoms with E-state index in [4.69, 9.17) is 9.47 Å². The Bertz CT molecular complexity index is 1000. The highest BCUT2D eigenvalue weighted by molar-refractivity contribution is 5.92. The second-order valence-electron chi connectivity index (χ2n) is 12.0. The molecule has 0 aliphatic carbocycles. The first-order valence-electron chi connectivity index (χ1n) is 14.8. The largest absolute Gasteiger partial charge is 0.456 e. The summed E-state index contributed by atoms with van der Waals surface area (Å²) >= 11 is 0. The molecule has 0 spiro atoms. The van der Waals surface area contributed by atoms with E-state index < -0.39 is 48.3 Å². The third kappa shape index (κ3) is 11.5. The quantitative estimate of drug-likeness (QED) is 0.246. The minimum atomic E-state index is -1.13.